The van der Waals surface area contributed by atoms with Crippen molar-refractivity contribution in [2.75, 3.05) is 20.8 Å². The standard InChI is InChI=1S/C19H23O4P.Li/c1-4-5-13-23-14-9-11-15(12-10-14)24-19(20)18-16(21-2)7-6-8-17(18)22-3;/h6-12,24H,4-5,13H2,1-3H3;/q;+1. The van der Waals surface area contributed by atoms with Gasteiger partial charge in [-0.15, -0.1) is 0 Å². The van der Waals surface area contributed by atoms with Crippen molar-refractivity contribution in [3.8, 4) is 17.2 Å². The molecule has 0 N–H and O–H groups in total. The minimum absolute atomic E-state index is 0. The third kappa shape index (κ3) is 6.08. The molecule has 0 fully saturated rings. The number of rotatable bonds is 9. The van der Waals surface area contributed by atoms with Crippen LogP contribution in [0.2, 0.25) is 0 Å². The average Bonchev–Trinajstić information content (AvgIpc) is 2.62. The molecule has 2 aromatic rings. The largest absolute Gasteiger partial charge is 1.00 e. The van der Waals surface area contributed by atoms with Gasteiger partial charge in [0.05, 0.1) is 20.8 Å². The zero-order valence-electron chi connectivity index (χ0n) is 15.3. The van der Waals surface area contributed by atoms with Crippen LogP contribution in [0.25, 0.3) is 0 Å². The summed E-state index contributed by atoms with van der Waals surface area (Å²) in [5.41, 5.74) is 0.480. The normalized spacial score (nSPS) is 10.4. The van der Waals surface area contributed by atoms with Gasteiger partial charge in [0.15, 0.2) is 5.52 Å². The minimum Gasteiger partial charge on any atom is -0.496 e. The third-order valence-electron chi connectivity index (χ3n) is 3.53. The van der Waals surface area contributed by atoms with Crippen molar-refractivity contribution in [2.45, 2.75) is 19.8 Å². The fraction of sp³-hybridized carbons (Fsp3) is 0.316. The van der Waals surface area contributed by atoms with Gasteiger partial charge < -0.3 is 14.2 Å². The first-order chi connectivity index (χ1) is 11.7. The van der Waals surface area contributed by atoms with Crippen molar-refractivity contribution in [3.05, 3.63) is 48.0 Å². The number of hydrogen-bond acceptors (Lipinski definition) is 4. The van der Waals surface area contributed by atoms with Gasteiger partial charge >= 0.3 is 18.9 Å². The zero-order chi connectivity index (χ0) is 17.4. The molecule has 0 amide bonds. The molecule has 4 nitrogen and oxygen atoms in total. The quantitative estimate of drug-likeness (QED) is 0.384. The topological polar surface area (TPSA) is 44.8 Å². The van der Waals surface area contributed by atoms with Crippen LogP contribution >= 0.6 is 8.58 Å². The van der Waals surface area contributed by atoms with Crippen LogP contribution in [0.15, 0.2) is 42.5 Å². The molecular formula is C19H23LiO4P+. The molecule has 0 bridgehead atoms. The van der Waals surface area contributed by atoms with Gasteiger partial charge in [0, 0.05) is 0 Å². The Hall–Kier alpha value is -1.46. The van der Waals surface area contributed by atoms with Crippen LogP contribution in [0.5, 0.6) is 17.2 Å². The van der Waals surface area contributed by atoms with Crippen LogP contribution in [-0.4, -0.2) is 26.4 Å². The predicted octanol–water partition coefficient (Wildman–Crippen LogP) is 1.03. The molecule has 0 aliphatic heterocycles. The van der Waals surface area contributed by atoms with E-state index in [0.717, 1.165) is 30.5 Å². The van der Waals surface area contributed by atoms with Gasteiger partial charge in [-0.3, -0.25) is 4.79 Å². The van der Waals surface area contributed by atoms with Crippen molar-refractivity contribution in [1.29, 1.82) is 0 Å². The van der Waals surface area contributed by atoms with Gasteiger partial charge in [-0.25, -0.2) is 0 Å². The van der Waals surface area contributed by atoms with Crippen molar-refractivity contribution in [2.24, 2.45) is 0 Å². The Morgan fingerprint density at radius 1 is 1.00 bits per heavy atom. The number of carbonyl (C=O) groups is 1. The molecule has 2 rings (SSSR count). The molecule has 128 valence electrons. The summed E-state index contributed by atoms with van der Waals surface area (Å²) in [6, 6.07) is 13.0. The number of carbonyl (C=O) groups excluding carboxylic acids is 1. The first-order valence-electron chi connectivity index (χ1n) is 7.94. The minimum atomic E-state index is -0.0102. The summed E-state index contributed by atoms with van der Waals surface area (Å²) in [5, 5.41) is 0.954. The molecule has 2 aromatic carbocycles. The van der Waals surface area contributed by atoms with Crippen LogP contribution in [-0.2, 0) is 0 Å². The fourth-order valence-electron chi connectivity index (χ4n) is 2.24. The maximum Gasteiger partial charge on any atom is 1.00 e. The van der Waals surface area contributed by atoms with E-state index in [1.165, 1.54) is 0 Å². The third-order valence-corrected chi connectivity index (χ3v) is 4.63. The first kappa shape index (κ1) is 21.6. The Bertz CT molecular complexity index is 651. The van der Waals surface area contributed by atoms with Gasteiger partial charge in [-0.05, 0) is 44.6 Å². The van der Waals surface area contributed by atoms with E-state index in [1.54, 1.807) is 32.4 Å². The van der Waals surface area contributed by atoms with Crippen LogP contribution in [0.4, 0.5) is 0 Å². The van der Waals surface area contributed by atoms with Crippen molar-refractivity contribution < 1.29 is 37.9 Å². The average molecular weight is 353 g/mol. The molecule has 0 aromatic heterocycles. The van der Waals surface area contributed by atoms with Gasteiger partial charge in [-0.1, -0.05) is 31.5 Å². The van der Waals surface area contributed by atoms with E-state index in [1.807, 2.05) is 24.3 Å². The summed E-state index contributed by atoms with van der Waals surface area (Å²) >= 11 is 0. The molecule has 1 unspecified atom stereocenters. The number of methoxy groups -OCH3 is 2. The van der Waals surface area contributed by atoms with Gasteiger partial charge in [-0.2, -0.15) is 0 Å². The van der Waals surface area contributed by atoms with E-state index >= 15 is 0 Å². The van der Waals surface area contributed by atoms with Crippen LogP contribution < -0.4 is 38.4 Å². The van der Waals surface area contributed by atoms with E-state index in [9.17, 15) is 4.79 Å². The molecule has 0 spiro atoms. The molecule has 0 saturated heterocycles. The Morgan fingerprint density at radius 2 is 1.60 bits per heavy atom. The predicted molar refractivity (Wildman–Crippen MR) is 98.7 cm³/mol. The maximum atomic E-state index is 12.7. The van der Waals surface area contributed by atoms with E-state index in [-0.39, 0.29) is 33.0 Å². The maximum absolute atomic E-state index is 12.7. The summed E-state index contributed by atoms with van der Waals surface area (Å²) in [5.74, 6) is 1.90. The number of ether oxygens (including phenoxy) is 3. The summed E-state index contributed by atoms with van der Waals surface area (Å²) < 4.78 is 16.3. The van der Waals surface area contributed by atoms with E-state index in [4.69, 9.17) is 14.2 Å². The van der Waals surface area contributed by atoms with E-state index < -0.39 is 0 Å². The molecule has 0 aliphatic rings. The molecule has 1 atom stereocenters. The number of hydrogen-bond donors (Lipinski definition) is 0. The Kier molecular flexibility index (Phi) is 9.68. The van der Waals surface area contributed by atoms with Crippen LogP contribution in [0.3, 0.4) is 0 Å². The molecule has 0 radical (unpaired) electrons. The molecule has 0 heterocycles. The molecule has 25 heavy (non-hydrogen) atoms. The van der Waals surface area contributed by atoms with Crippen LogP contribution in [0.1, 0.15) is 30.1 Å². The smallest absolute Gasteiger partial charge is 0.496 e. The molecule has 0 aliphatic carbocycles. The summed E-state index contributed by atoms with van der Waals surface area (Å²) in [6.07, 6.45) is 2.14. The van der Waals surface area contributed by atoms with Crippen LogP contribution in [0, 0.1) is 0 Å². The molecule has 0 saturated carbocycles. The second-order valence-corrected chi connectivity index (χ2v) is 6.50. The number of benzene rings is 2. The van der Waals surface area contributed by atoms with Crippen molar-refractivity contribution in [1.82, 2.24) is 0 Å². The fourth-order valence-corrected chi connectivity index (χ4v) is 3.20. The van der Waals surface area contributed by atoms with Crippen molar-refractivity contribution >= 4 is 19.4 Å². The van der Waals surface area contributed by atoms with Crippen molar-refractivity contribution in [3.63, 3.8) is 0 Å². The molecular weight excluding hydrogens is 330 g/mol. The zero-order valence-corrected chi connectivity index (χ0v) is 16.3. The Morgan fingerprint density at radius 3 is 2.12 bits per heavy atom. The summed E-state index contributed by atoms with van der Waals surface area (Å²) in [6.45, 7) is 2.85. The number of unbranched alkanes of at least 4 members (excludes halogenated alkanes) is 1. The Labute approximate surface area is 163 Å². The SMILES string of the molecule is CCCCOc1ccc(PC(=O)c2c(OC)cccc2OC)cc1.[Li+]. The first-order valence-corrected chi connectivity index (χ1v) is 8.94. The second-order valence-electron chi connectivity index (χ2n) is 5.22. The van der Waals surface area contributed by atoms with E-state index in [0.29, 0.717) is 17.1 Å². The summed E-state index contributed by atoms with van der Waals surface area (Å²) in [4.78, 5) is 12.7. The monoisotopic (exact) mass is 353 g/mol. The molecule has 6 heteroatoms. The second kappa shape index (κ2) is 11.2. The van der Waals surface area contributed by atoms with Gasteiger partial charge in [0.1, 0.15) is 22.8 Å². The summed E-state index contributed by atoms with van der Waals surface area (Å²) in [7, 11) is 3.10. The van der Waals surface area contributed by atoms with E-state index in [2.05, 4.69) is 6.92 Å². The Balaban J connectivity index is 0.00000312. The van der Waals surface area contributed by atoms with Gasteiger partial charge in [0.2, 0.25) is 0 Å². The van der Waals surface area contributed by atoms with Gasteiger partial charge in [0.25, 0.3) is 0 Å².